The number of nitrogens with zero attached hydrogens (tertiary/aromatic N) is 5. The molecule has 1 heterocycles. The van der Waals surface area contributed by atoms with Crippen LogP contribution in [0.1, 0.15) is 23.6 Å². The van der Waals surface area contributed by atoms with Gasteiger partial charge in [-0.05, 0) is 43.0 Å². The summed E-state index contributed by atoms with van der Waals surface area (Å²) in [5.74, 6) is 3.31. The van der Waals surface area contributed by atoms with E-state index in [-0.39, 0.29) is 5.82 Å². The molecule has 1 aromatic heterocycles. The SMILES string of the molecule is CSCCCNC(=NCc1nnc(C)n1C)N(C)Cc1cccc(F)c1. The van der Waals surface area contributed by atoms with Gasteiger partial charge >= 0.3 is 0 Å². The van der Waals surface area contributed by atoms with Gasteiger partial charge in [0, 0.05) is 27.2 Å². The number of nitrogens with one attached hydrogen (secondary N) is 1. The van der Waals surface area contributed by atoms with Gasteiger partial charge in [-0.15, -0.1) is 10.2 Å². The lowest BCUT2D eigenvalue weighted by molar-refractivity contribution is 0.472. The molecule has 0 amide bonds. The topological polar surface area (TPSA) is 58.3 Å². The predicted molar refractivity (Wildman–Crippen MR) is 106 cm³/mol. The lowest BCUT2D eigenvalue weighted by atomic mass is 10.2. The summed E-state index contributed by atoms with van der Waals surface area (Å²) < 4.78 is 15.4. The second-order valence-electron chi connectivity index (χ2n) is 6.12. The lowest BCUT2D eigenvalue weighted by Crippen LogP contribution is -2.39. The van der Waals surface area contributed by atoms with Crippen molar-refractivity contribution in [1.82, 2.24) is 25.0 Å². The Bertz CT molecular complexity index is 730. The zero-order chi connectivity index (χ0) is 18.9. The first kappa shape index (κ1) is 20.2. The van der Waals surface area contributed by atoms with E-state index in [4.69, 9.17) is 4.99 Å². The molecule has 2 aromatic rings. The van der Waals surface area contributed by atoms with Crippen molar-refractivity contribution in [3.63, 3.8) is 0 Å². The summed E-state index contributed by atoms with van der Waals surface area (Å²) in [6.07, 6.45) is 3.15. The fourth-order valence-electron chi connectivity index (χ4n) is 2.45. The molecule has 1 aromatic carbocycles. The van der Waals surface area contributed by atoms with E-state index in [1.807, 2.05) is 48.3 Å². The molecule has 8 heteroatoms. The standard InChI is InChI=1S/C18H27FN6S/c1-14-22-23-17(25(14)3)12-21-18(20-9-6-10-26-4)24(2)13-15-7-5-8-16(19)11-15/h5,7-8,11H,6,9-10,12-13H2,1-4H3,(H,20,21). The average molecular weight is 379 g/mol. The number of benzene rings is 1. The lowest BCUT2D eigenvalue weighted by Gasteiger charge is -2.22. The van der Waals surface area contributed by atoms with E-state index in [2.05, 4.69) is 21.8 Å². The highest BCUT2D eigenvalue weighted by Crippen LogP contribution is 2.07. The molecule has 6 nitrogen and oxygen atoms in total. The smallest absolute Gasteiger partial charge is 0.194 e. The molecule has 142 valence electrons. The van der Waals surface area contributed by atoms with Crippen LogP contribution in [0.2, 0.25) is 0 Å². The Kier molecular flexibility index (Phi) is 7.90. The third kappa shape index (κ3) is 6.01. The summed E-state index contributed by atoms with van der Waals surface area (Å²) in [7, 11) is 3.88. The molecule has 0 aliphatic carbocycles. The highest BCUT2D eigenvalue weighted by molar-refractivity contribution is 7.98. The van der Waals surface area contributed by atoms with Crippen LogP contribution in [-0.4, -0.2) is 51.2 Å². The summed E-state index contributed by atoms with van der Waals surface area (Å²) in [4.78, 5) is 6.69. The van der Waals surface area contributed by atoms with Gasteiger partial charge in [-0.2, -0.15) is 11.8 Å². The van der Waals surface area contributed by atoms with Gasteiger partial charge in [-0.1, -0.05) is 12.1 Å². The Labute approximate surface area is 158 Å². The molecule has 0 aliphatic heterocycles. The number of aryl methyl sites for hydroxylation is 1. The van der Waals surface area contributed by atoms with Gasteiger partial charge in [0.1, 0.15) is 18.2 Å². The average Bonchev–Trinajstić information content (AvgIpc) is 2.93. The third-order valence-electron chi connectivity index (χ3n) is 4.03. The number of aromatic nitrogens is 3. The second kappa shape index (κ2) is 10.2. The maximum absolute atomic E-state index is 13.4. The van der Waals surface area contributed by atoms with Crippen LogP contribution in [0.3, 0.4) is 0 Å². The van der Waals surface area contributed by atoms with Crippen LogP contribution in [0.25, 0.3) is 0 Å². The highest BCUT2D eigenvalue weighted by Gasteiger charge is 2.10. The second-order valence-corrected chi connectivity index (χ2v) is 7.11. The van der Waals surface area contributed by atoms with Crippen LogP contribution < -0.4 is 5.32 Å². The van der Waals surface area contributed by atoms with Crippen molar-refractivity contribution >= 4 is 17.7 Å². The van der Waals surface area contributed by atoms with Crippen LogP contribution >= 0.6 is 11.8 Å². The van der Waals surface area contributed by atoms with Crippen LogP contribution in [0.15, 0.2) is 29.3 Å². The van der Waals surface area contributed by atoms with E-state index in [9.17, 15) is 4.39 Å². The van der Waals surface area contributed by atoms with E-state index in [0.29, 0.717) is 13.1 Å². The molecule has 0 bridgehead atoms. The third-order valence-corrected chi connectivity index (χ3v) is 4.73. The van der Waals surface area contributed by atoms with E-state index >= 15 is 0 Å². The maximum atomic E-state index is 13.4. The van der Waals surface area contributed by atoms with Crippen molar-refractivity contribution in [2.24, 2.45) is 12.0 Å². The Hall–Kier alpha value is -2.09. The molecule has 0 radical (unpaired) electrons. The number of guanidine groups is 1. The van der Waals surface area contributed by atoms with E-state index < -0.39 is 0 Å². The van der Waals surface area contributed by atoms with E-state index in [1.54, 1.807) is 12.1 Å². The number of hydrogen-bond acceptors (Lipinski definition) is 4. The molecule has 2 rings (SSSR count). The van der Waals surface area contributed by atoms with Crippen LogP contribution in [0.4, 0.5) is 4.39 Å². The normalized spacial score (nSPS) is 11.7. The Balaban J connectivity index is 2.08. The minimum atomic E-state index is -0.225. The summed E-state index contributed by atoms with van der Waals surface area (Å²) in [5.41, 5.74) is 0.903. The molecule has 0 unspecified atom stereocenters. The van der Waals surface area contributed by atoms with Crippen LogP contribution in [0.5, 0.6) is 0 Å². The molecule has 26 heavy (non-hydrogen) atoms. The maximum Gasteiger partial charge on any atom is 0.194 e. The zero-order valence-electron chi connectivity index (χ0n) is 15.9. The number of rotatable bonds is 8. The minimum absolute atomic E-state index is 0.225. The number of hydrogen-bond donors (Lipinski definition) is 1. The van der Waals surface area contributed by atoms with Gasteiger partial charge in [-0.25, -0.2) is 9.38 Å². The van der Waals surface area contributed by atoms with Crippen molar-refractivity contribution in [3.8, 4) is 0 Å². The highest BCUT2D eigenvalue weighted by atomic mass is 32.2. The molecule has 0 saturated heterocycles. The Morgan fingerprint density at radius 2 is 2.19 bits per heavy atom. The molecule has 0 aliphatic rings. The monoisotopic (exact) mass is 378 g/mol. The molecular formula is C18H27FN6S. The number of halogens is 1. The van der Waals surface area contributed by atoms with Crippen LogP contribution in [-0.2, 0) is 20.1 Å². The zero-order valence-corrected chi connectivity index (χ0v) is 16.7. The fourth-order valence-corrected chi connectivity index (χ4v) is 2.88. The molecule has 1 N–H and O–H groups in total. The van der Waals surface area contributed by atoms with Gasteiger partial charge in [0.2, 0.25) is 0 Å². The Morgan fingerprint density at radius 3 is 2.85 bits per heavy atom. The molecule has 0 atom stereocenters. The fraction of sp³-hybridized carbons (Fsp3) is 0.500. The molecular weight excluding hydrogens is 351 g/mol. The van der Waals surface area contributed by atoms with Crippen molar-refractivity contribution in [2.75, 3.05) is 25.6 Å². The van der Waals surface area contributed by atoms with Gasteiger partial charge in [0.05, 0.1) is 0 Å². The van der Waals surface area contributed by atoms with Gasteiger partial charge in [0.25, 0.3) is 0 Å². The first-order valence-corrected chi connectivity index (χ1v) is 9.98. The van der Waals surface area contributed by atoms with Gasteiger partial charge < -0.3 is 14.8 Å². The molecule has 0 spiro atoms. The molecule has 0 fully saturated rings. The summed E-state index contributed by atoms with van der Waals surface area (Å²) in [6.45, 7) is 3.77. The number of thioether (sulfide) groups is 1. The van der Waals surface area contributed by atoms with Gasteiger partial charge in [-0.3, -0.25) is 0 Å². The Morgan fingerprint density at radius 1 is 1.38 bits per heavy atom. The minimum Gasteiger partial charge on any atom is -0.356 e. The van der Waals surface area contributed by atoms with Crippen molar-refractivity contribution in [2.45, 2.75) is 26.4 Å². The van der Waals surface area contributed by atoms with Crippen molar-refractivity contribution in [1.29, 1.82) is 0 Å². The summed E-state index contributed by atoms with van der Waals surface area (Å²) in [6, 6.07) is 6.64. The first-order valence-electron chi connectivity index (χ1n) is 8.59. The molecule has 0 saturated carbocycles. The van der Waals surface area contributed by atoms with Crippen LogP contribution in [0, 0.1) is 12.7 Å². The van der Waals surface area contributed by atoms with Gasteiger partial charge in [0.15, 0.2) is 11.8 Å². The summed E-state index contributed by atoms with van der Waals surface area (Å²) in [5, 5.41) is 11.6. The quantitative estimate of drug-likeness (QED) is 0.435. The van der Waals surface area contributed by atoms with Crippen molar-refractivity contribution < 1.29 is 4.39 Å². The first-order chi connectivity index (χ1) is 12.5. The number of aliphatic imine (C=N–C) groups is 1. The van der Waals surface area contributed by atoms with E-state index in [1.165, 1.54) is 6.07 Å². The van der Waals surface area contributed by atoms with Crippen molar-refractivity contribution in [3.05, 3.63) is 47.3 Å². The summed E-state index contributed by atoms with van der Waals surface area (Å²) >= 11 is 1.82. The largest absolute Gasteiger partial charge is 0.356 e. The van der Waals surface area contributed by atoms with E-state index in [0.717, 1.165) is 41.9 Å². The predicted octanol–water partition coefficient (Wildman–Crippen LogP) is 2.59.